The van der Waals surface area contributed by atoms with E-state index in [0.717, 1.165) is 12.8 Å². The highest BCUT2D eigenvalue weighted by Crippen LogP contribution is 2.16. The molecule has 1 aliphatic rings. The van der Waals surface area contributed by atoms with Gasteiger partial charge in [0, 0.05) is 30.6 Å². The van der Waals surface area contributed by atoms with Crippen LogP contribution in [0.15, 0.2) is 18.2 Å². The van der Waals surface area contributed by atoms with Crippen molar-refractivity contribution in [2.75, 3.05) is 31.3 Å². The number of esters is 1. The molecule has 1 aromatic rings. The SMILES string of the molecule is Nc1ccc(C(=O)OCC(=O)NC2CCOCC2)c(N)c1. The molecule has 0 aromatic heterocycles. The van der Waals surface area contributed by atoms with E-state index in [4.69, 9.17) is 20.9 Å². The van der Waals surface area contributed by atoms with Gasteiger partial charge in [-0.15, -0.1) is 0 Å². The van der Waals surface area contributed by atoms with Gasteiger partial charge in [0.15, 0.2) is 6.61 Å². The summed E-state index contributed by atoms with van der Waals surface area (Å²) in [5.74, 6) is -0.973. The molecule has 0 spiro atoms. The molecule has 7 nitrogen and oxygen atoms in total. The molecule has 114 valence electrons. The number of nitrogen functional groups attached to an aromatic ring is 2. The Hall–Kier alpha value is -2.28. The molecule has 0 aliphatic carbocycles. The standard InChI is InChI=1S/C14H19N3O4/c15-9-1-2-11(12(16)7-9)14(19)21-8-13(18)17-10-3-5-20-6-4-10/h1-2,7,10H,3-6,8,15-16H2,(H,17,18). The number of carbonyl (C=O) groups excluding carboxylic acids is 2. The van der Waals surface area contributed by atoms with Gasteiger partial charge in [-0.25, -0.2) is 4.79 Å². The summed E-state index contributed by atoms with van der Waals surface area (Å²) in [4.78, 5) is 23.5. The average Bonchev–Trinajstić information content (AvgIpc) is 2.46. The molecule has 21 heavy (non-hydrogen) atoms. The van der Waals surface area contributed by atoms with Crippen LogP contribution in [0.25, 0.3) is 0 Å². The molecule has 0 bridgehead atoms. The van der Waals surface area contributed by atoms with Crippen LogP contribution in [-0.2, 0) is 14.3 Å². The Morgan fingerprint density at radius 1 is 1.29 bits per heavy atom. The number of amides is 1. The lowest BCUT2D eigenvalue weighted by Crippen LogP contribution is -2.41. The van der Waals surface area contributed by atoms with E-state index in [-0.39, 0.29) is 29.8 Å². The predicted octanol–water partition coefficient (Wildman–Crippen LogP) is 0.303. The number of hydrogen-bond acceptors (Lipinski definition) is 6. The first-order valence-electron chi connectivity index (χ1n) is 6.75. The molecular formula is C14H19N3O4. The minimum atomic E-state index is -0.644. The van der Waals surface area contributed by atoms with Crippen molar-refractivity contribution in [1.29, 1.82) is 0 Å². The summed E-state index contributed by atoms with van der Waals surface area (Å²) in [7, 11) is 0. The van der Waals surface area contributed by atoms with E-state index in [2.05, 4.69) is 5.32 Å². The number of hydrogen-bond donors (Lipinski definition) is 3. The van der Waals surface area contributed by atoms with Crippen molar-refractivity contribution in [3.05, 3.63) is 23.8 Å². The summed E-state index contributed by atoms with van der Waals surface area (Å²) in [5, 5.41) is 2.80. The third kappa shape index (κ3) is 4.35. The molecule has 2 rings (SSSR count). The predicted molar refractivity (Wildman–Crippen MR) is 77.5 cm³/mol. The second-order valence-corrected chi connectivity index (χ2v) is 4.88. The minimum absolute atomic E-state index is 0.0755. The molecule has 0 radical (unpaired) electrons. The second kappa shape index (κ2) is 6.94. The molecule has 1 heterocycles. The highest BCUT2D eigenvalue weighted by Gasteiger charge is 2.18. The molecule has 1 fully saturated rings. The fraction of sp³-hybridized carbons (Fsp3) is 0.429. The Morgan fingerprint density at radius 2 is 2.00 bits per heavy atom. The van der Waals surface area contributed by atoms with Crippen LogP contribution in [0.1, 0.15) is 23.2 Å². The molecule has 1 aliphatic heterocycles. The Kier molecular flexibility index (Phi) is 4.99. The van der Waals surface area contributed by atoms with Gasteiger partial charge in [-0.3, -0.25) is 4.79 Å². The Labute approximate surface area is 122 Å². The van der Waals surface area contributed by atoms with Gasteiger partial charge in [0.1, 0.15) is 0 Å². The molecule has 5 N–H and O–H groups in total. The van der Waals surface area contributed by atoms with E-state index in [1.807, 2.05) is 0 Å². The lowest BCUT2D eigenvalue weighted by molar-refractivity contribution is -0.125. The maximum absolute atomic E-state index is 11.8. The van der Waals surface area contributed by atoms with Gasteiger partial charge >= 0.3 is 5.97 Å². The van der Waals surface area contributed by atoms with Crippen LogP contribution in [0, 0.1) is 0 Å². The largest absolute Gasteiger partial charge is 0.452 e. The zero-order valence-electron chi connectivity index (χ0n) is 11.6. The lowest BCUT2D eigenvalue weighted by Gasteiger charge is -2.22. The normalized spacial score (nSPS) is 15.4. The summed E-state index contributed by atoms with van der Waals surface area (Å²) < 4.78 is 10.1. The number of nitrogens with two attached hydrogens (primary N) is 2. The molecular weight excluding hydrogens is 274 g/mol. The highest BCUT2D eigenvalue weighted by molar-refractivity contribution is 5.96. The van der Waals surface area contributed by atoms with Crippen molar-refractivity contribution in [1.82, 2.24) is 5.32 Å². The highest BCUT2D eigenvalue weighted by atomic mass is 16.5. The molecule has 0 unspecified atom stereocenters. The molecule has 1 aromatic carbocycles. The van der Waals surface area contributed by atoms with E-state index in [9.17, 15) is 9.59 Å². The summed E-state index contributed by atoms with van der Waals surface area (Å²) in [6.45, 7) is 0.930. The van der Waals surface area contributed by atoms with Crippen molar-refractivity contribution in [3.63, 3.8) is 0 Å². The maximum Gasteiger partial charge on any atom is 0.340 e. The molecule has 0 atom stereocenters. The summed E-state index contributed by atoms with van der Waals surface area (Å²) in [6, 6.07) is 4.57. The summed E-state index contributed by atoms with van der Waals surface area (Å²) in [5.41, 5.74) is 12.1. The zero-order valence-corrected chi connectivity index (χ0v) is 11.6. The number of rotatable bonds is 4. The number of ether oxygens (including phenoxy) is 2. The van der Waals surface area contributed by atoms with Crippen LogP contribution < -0.4 is 16.8 Å². The van der Waals surface area contributed by atoms with Crippen molar-refractivity contribution >= 4 is 23.3 Å². The Morgan fingerprint density at radius 3 is 2.67 bits per heavy atom. The Balaban J connectivity index is 1.81. The van der Waals surface area contributed by atoms with E-state index in [0.29, 0.717) is 18.9 Å². The fourth-order valence-corrected chi connectivity index (χ4v) is 2.09. The van der Waals surface area contributed by atoms with Crippen molar-refractivity contribution in [3.8, 4) is 0 Å². The van der Waals surface area contributed by atoms with Gasteiger partial charge in [0.25, 0.3) is 5.91 Å². The third-order valence-corrected chi connectivity index (χ3v) is 3.22. The zero-order chi connectivity index (χ0) is 15.2. The topological polar surface area (TPSA) is 117 Å². The van der Waals surface area contributed by atoms with Crippen molar-refractivity contribution < 1.29 is 19.1 Å². The number of carbonyl (C=O) groups is 2. The summed E-state index contributed by atoms with van der Waals surface area (Å²) >= 11 is 0. The van der Waals surface area contributed by atoms with E-state index >= 15 is 0 Å². The van der Waals surface area contributed by atoms with Gasteiger partial charge in [-0.05, 0) is 31.0 Å². The van der Waals surface area contributed by atoms with E-state index in [1.54, 1.807) is 6.07 Å². The van der Waals surface area contributed by atoms with Crippen molar-refractivity contribution in [2.24, 2.45) is 0 Å². The molecule has 1 saturated heterocycles. The average molecular weight is 293 g/mol. The molecule has 0 saturated carbocycles. The lowest BCUT2D eigenvalue weighted by atomic mass is 10.1. The number of benzene rings is 1. The first-order valence-corrected chi connectivity index (χ1v) is 6.75. The smallest absolute Gasteiger partial charge is 0.340 e. The van der Waals surface area contributed by atoms with E-state index in [1.165, 1.54) is 12.1 Å². The number of nitrogens with one attached hydrogen (secondary N) is 1. The van der Waals surface area contributed by atoms with Crippen LogP contribution in [0.3, 0.4) is 0 Å². The second-order valence-electron chi connectivity index (χ2n) is 4.88. The van der Waals surface area contributed by atoms with Crippen LogP contribution in [0.2, 0.25) is 0 Å². The van der Waals surface area contributed by atoms with Gasteiger partial charge in [-0.1, -0.05) is 0 Å². The van der Waals surface area contributed by atoms with Crippen molar-refractivity contribution in [2.45, 2.75) is 18.9 Å². The van der Waals surface area contributed by atoms with Gasteiger partial charge in [-0.2, -0.15) is 0 Å². The summed E-state index contributed by atoms with van der Waals surface area (Å²) in [6.07, 6.45) is 1.54. The maximum atomic E-state index is 11.8. The van der Waals surface area contributed by atoms with E-state index < -0.39 is 5.97 Å². The van der Waals surface area contributed by atoms with Gasteiger partial charge < -0.3 is 26.3 Å². The van der Waals surface area contributed by atoms with Crippen LogP contribution >= 0.6 is 0 Å². The third-order valence-electron chi connectivity index (χ3n) is 3.22. The monoisotopic (exact) mass is 293 g/mol. The number of anilines is 2. The fourth-order valence-electron chi connectivity index (χ4n) is 2.09. The quantitative estimate of drug-likeness (QED) is 0.543. The first kappa shape index (κ1) is 15.1. The molecule has 7 heteroatoms. The van der Waals surface area contributed by atoms with Crippen LogP contribution in [0.5, 0.6) is 0 Å². The minimum Gasteiger partial charge on any atom is -0.452 e. The molecule has 1 amide bonds. The van der Waals surface area contributed by atoms with Crippen LogP contribution in [-0.4, -0.2) is 37.7 Å². The van der Waals surface area contributed by atoms with Gasteiger partial charge in [0.05, 0.1) is 5.56 Å². The van der Waals surface area contributed by atoms with Gasteiger partial charge in [0.2, 0.25) is 0 Å². The van der Waals surface area contributed by atoms with Crippen LogP contribution in [0.4, 0.5) is 11.4 Å². The first-order chi connectivity index (χ1) is 10.1. The Bertz CT molecular complexity index is 527.